The third kappa shape index (κ3) is 5.56. The van der Waals surface area contributed by atoms with Crippen molar-refractivity contribution in [1.82, 2.24) is 15.5 Å². The molecule has 0 radical (unpaired) electrons. The van der Waals surface area contributed by atoms with Crippen LogP contribution in [0.2, 0.25) is 0 Å². The summed E-state index contributed by atoms with van der Waals surface area (Å²) in [7, 11) is 0. The van der Waals surface area contributed by atoms with E-state index < -0.39 is 18.0 Å². The first-order valence-electron chi connectivity index (χ1n) is 6.13. The van der Waals surface area contributed by atoms with Crippen LogP contribution in [0.5, 0.6) is 0 Å². The highest BCUT2D eigenvalue weighted by molar-refractivity contribution is 5.82. The number of rotatable bonds is 5. The fourth-order valence-electron chi connectivity index (χ4n) is 1.56. The van der Waals surface area contributed by atoms with Gasteiger partial charge < -0.3 is 25.4 Å². The molecule has 108 valence electrons. The lowest BCUT2D eigenvalue weighted by Gasteiger charge is -2.26. The Kier molecular flexibility index (Phi) is 6.07. The average Bonchev–Trinajstić information content (AvgIpc) is 2.39. The van der Waals surface area contributed by atoms with Gasteiger partial charge in [-0.15, -0.1) is 0 Å². The first-order chi connectivity index (χ1) is 9.00. The van der Waals surface area contributed by atoms with Crippen molar-refractivity contribution in [1.29, 1.82) is 0 Å². The number of urea groups is 1. The molecule has 1 unspecified atom stereocenters. The lowest BCUT2D eigenvalue weighted by molar-refractivity contribution is -0.138. The van der Waals surface area contributed by atoms with Gasteiger partial charge in [0.2, 0.25) is 5.91 Å². The summed E-state index contributed by atoms with van der Waals surface area (Å²) in [5.41, 5.74) is 0. The van der Waals surface area contributed by atoms with E-state index in [1.807, 2.05) is 0 Å². The van der Waals surface area contributed by atoms with Crippen LogP contribution in [0.25, 0.3) is 0 Å². The number of carbonyl (C=O) groups is 3. The molecule has 19 heavy (non-hydrogen) atoms. The first-order valence-corrected chi connectivity index (χ1v) is 6.13. The monoisotopic (exact) mass is 273 g/mol. The van der Waals surface area contributed by atoms with Crippen molar-refractivity contribution < 1.29 is 24.2 Å². The summed E-state index contributed by atoms with van der Waals surface area (Å²) in [5, 5.41) is 13.3. The molecule has 8 nitrogen and oxygen atoms in total. The highest BCUT2D eigenvalue weighted by Gasteiger charge is 2.17. The molecule has 8 heteroatoms. The lowest BCUT2D eigenvalue weighted by Crippen LogP contribution is -2.46. The third-order valence-corrected chi connectivity index (χ3v) is 2.71. The molecule has 1 heterocycles. The highest BCUT2D eigenvalue weighted by atomic mass is 16.5. The van der Waals surface area contributed by atoms with Gasteiger partial charge in [-0.1, -0.05) is 0 Å². The second kappa shape index (κ2) is 7.57. The predicted octanol–water partition coefficient (Wildman–Crippen LogP) is -0.992. The predicted molar refractivity (Wildman–Crippen MR) is 65.6 cm³/mol. The average molecular weight is 273 g/mol. The van der Waals surface area contributed by atoms with E-state index in [0.29, 0.717) is 26.3 Å². The second-order valence-corrected chi connectivity index (χ2v) is 4.20. The fraction of sp³-hybridized carbons (Fsp3) is 0.727. The van der Waals surface area contributed by atoms with E-state index in [-0.39, 0.29) is 18.9 Å². The summed E-state index contributed by atoms with van der Waals surface area (Å²) < 4.78 is 5.13. The molecular formula is C11H19N3O5. The van der Waals surface area contributed by atoms with Crippen molar-refractivity contribution in [2.75, 3.05) is 32.8 Å². The zero-order chi connectivity index (χ0) is 14.3. The van der Waals surface area contributed by atoms with Crippen LogP contribution in [-0.4, -0.2) is 66.8 Å². The molecule has 1 rings (SSSR count). The van der Waals surface area contributed by atoms with E-state index in [2.05, 4.69) is 10.6 Å². The molecule has 3 amide bonds. The molecule has 0 aromatic carbocycles. The summed E-state index contributed by atoms with van der Waals surface area (Å²) in [6.45, 7) is 3.75. The van der Waals surface area contributed by atoms with Crippen LogP contribution in [0.15, 0.2) is 0 Å². The number of nitrogens with zero attached hydrogens (tertiary/aromatic N) is 1. The molecule has 1 saturated heterocycles. The maximum absolute atomic E-state index is 11.7. The number of carboxylic acid groups (broad SMARTS) is 1. The number of nitrogens with one attached hydrogen (secondary N) is 2. The number of hydrogen-bond donors (Lipinski definition) is 3. The third-order valence-electron chi connectivity index (χ3n) is 2.71. The molecular weight excluding hydrogens is 254 g/mol. The molecule has 0 saturated carbocycles. The molecule has 1 fully saturated rings. The Balaban J connectivity index is 2.17. The van der Waals surface area contributed by atoms with Gasteiger partial charge in [0.05, 0.1) is 13.2 Å². The molecule has 0 bridgehead atoms. The van der Waals surface area contributed by atoms with E-state index in [0.717, 1.165) is 0 Å². The van der Waals surface area contributed by atoms with Gasteiger partial charge in [0.15, 0.2) is 0 Å². The molecule has 3 N–H and O–H groups in total. The lowest BCUT2D eigenvalue weighted by atomic mass is 10.3. The number of carboxylic acids is 1. The van der Waals surface area contributed by atoms with Crippen molar-refractivity contribution in [3.8, 4) is 0 Å². The number of aliphatic carboxylic acids is 1. The van der Waals surface area contributed by atoms with Gasteiger partial charge in [-0.05, 0) is 6.92 Å². The van der Waals surface area contributed by atoms with Crippen LogP contribution in [0, 0.1) is 0 Å². The smallest absolute Gasteiger partial charge is 0.325 e. The maximum Gasteiger partial charge on any atom is 0.325 e. The van der Waals surface area contributed by atoms with Crippen molar-refractivity contribution in [3.63, 3.8) is 0 Å². The van der Waals surface area contributed by atoms with Gasteiger partial charge in [0.1, 0.15) is 6.04 Å². The molecule has 1 aliphatic heterocycles. The van der Waals surface area contributed by atoms with Gasteiger partial charge in [-0.2, -0.15) is 0 Å². The topological polar surface area (TPSA) is 108 Å². The zero-order valence-corrected chi connectivity index (χ0v) is 10.8. The number of morpholine rings is 1. The Hall–Kier alpha value is -1.83. The summed E-state index contributed by atoms with van der Waals surface area (Å²) in [4.78, 5) is 35.2. The van der Waals surface area contributed by atoms with Gasteiger partial charge in [0, 0.05) is 26.1 Å². The van der Waals surface area contributed by atoms with E-state index in [1.165, 1.54) is 6.92 Å². The summed E-state index contributed by atoms with van der Waals surface area (Å²) in [6.07, 6.45) is 0.189. The highest BCUT2D eigenvalue weighted by Crippen LogP contribution is 1.99. The molecule has 0 spiro atoms. The van der Waals surface area contributed by atoms with Crippen LogP contribution in [0.4, 0.5) is 4.79 Å². The number of ether oxygens (including phenoxy) is 1. The van der Waals surface area contributed by atoms with Gasteiger partial charge >= 0.3 is 12.0 Å². The Bertz CT molecular complexity index is 341. The Labute approximate surface area is 111 Å². The minimum absolute atomic E-state index is 0.0464. The molecule has 1 aliphatic rings. The summed E-state index contributed by atoms with van der Waals surface area (Å²) in [6, 6.07) is -1.56. The molecule has 1 atom stereocenters. The standard InChI is InChI=1S/C11H19N3O5/c1-8(10(16)17)13-11(18)12-3-2-9(15)14-4-6-19-7-5-14/h8H,2-7H2,1H3,(H,16,17)(H2,12,13,18). The Morgan fingerprint density at radius 1 is 1.32 bits per heavy atom. The van der Waals surface area contributed by atoms with Crippen molar-refractivity contribution in [2.24, 2.45) is 0 Å². The van der Waals surface area contributed by atoms with Crippen molar-refractivity contribution >= 4 is 17.9 Å². The second-order valence-electron chi connectivity index (χ2n) is 4.20. The quantitative estimate of drug-likeness (QED) is 0.596. The minimum Gasteiger partial charge on any atom is -0.480 e. The first kappa shape index (κ1) is 15.2. The van der Waals surface area contributed by atoms with E-state index in [9.17, 15) is 14.4 Å². The largest absolute Gasteiger partial charge is 0.480 e. The van der Waals surface area contributed by atoms with Crippen LogP contribution >= 0.6 is 0 Å². The van der Waals surface area contributed by atoms with Crippen LogP contribution in [0.1, 0.15) is 13.3 Å². The molecule has 0 aromatic heterocycles. The zero-order valence-electron chi connectivity index (χ0n) is 10.8. The van der Waals surface area contributed by atoms with E-state index >= 15 is 0 Å². The Morgan fingerprint density at radius 2 is 1.95 bits per heavy atom. The Morgan fingerprint density at radius 3 is 2.53 bits per heavy atom. The van der Waals surface area contributed by atoms with Crippen LogP contribution in [-0.2, 0) is 14.3 Å². The number of carbonyl (C=O) groups excluding carboxylic acids is 2. The summed E-state index contributed by atoms with van der Waals surface area (Å²) in [5.74, 6) is -1.16. The molecule has 0 aliphatic carbocycles. The van der Waals surface area contributed by atoms with Crippen LogP contribution < -0.4 is 10.6 Å². The van der Waals surface area contributed by atoms with Gasteiger partial charge in [0.25, 0.3) is 0 Å². The van der Waals surface area contributed by atoms with Crippen molar-refractivity contribution in [2.45, 2.75) is 19.4 Å². The van der Waals surface area contributed by atoms with Gasteiger partial charge in [-0.3, -0.25) is 9.59 Å². The number of amides is 3. The normalized spacial score (nSPS) is 16.6. The fourth-order valence-corrected chi connectivity index (χ4v) is 1.56. The van der Waals surface area contributed by atoms with Crippen molar-refractivity contribution in [3.05, 3.63) is 0 Å². The number of hydrogen-bond acceptors (Lipinski definition) is 4. The SMILES string of the molecule is CC(NC(=O)NCCC(=O)N1CCOCC1)C(=O)O. The molecule has 0 aromatic rings. The van der Waals surface area contributed by atoms with Gasteiger partial charge in [-0.25, -0.2) is 4.79 Å². The summed E-state index contributed by atoms with van der Waals surface area (Å²) >= 11 is 0. The van der Waals surface area contributed by atoms with Crippen LogP contribution in [0.3, 0.4) is 0 Å². The van der Waals surface area contributed by atoms with E-state index in [1.54, 1.807) is 4.90 Å². The maximum atomic E-state index is 11.7. The van der Waals surface area contributed by atoms with E-state index in [4.69, 9.17) is 9.84 Å². The minimum atomic E-state index is -1.11.